The second-order valence-electron chi connectivity index (χ2n) is 6.63. The van der Waals surface area contributed by atoms with Gasteiger partial charge < -0.3 is 19.1 Å². The minimum Gasteiger partial charge on any atom is -0.486 e. The van der Waals surface area contributed by atoms with Gasteiger partial charge in [0.25, 0.3) is 5.91 Å². The monoisotopic (exact) mass is 367 g/mol. The molecule has 2 aromatic rings. The number of nitrogens with zero attached hydrogens (tertiary/aromatic N) is 1. The number of benzene rings is 2. The van der Waals surface area contributed by atoms with Gasteiger partial charge >= 0.3 is 5.97 Å². The summed E-state index contributed by atoms with van der Waals surface area (Å²) in [6.45, 7) is 3.14. The summed E-state index contributed by atoms with van der Waals surface area (Å²) in [5.41, 5.74) is 1.37. The van der Waals surface area contributed by atoms with E-state index >= 15 is 0 Å². The third kappa shape index (κ3) is 3.47. The van der Waals surface area contributed by atoms with E-state index in [2.05, 4.69) is 0 Å². The molecule has 6 nitrogen and oxygen atoms in total. The molecule has 27 heavy (non-hydrogen) atoms. The van der Waals surface area contributed by atoms with Gasteiger partial charge in [0.2, 0.25) is 0 Å². The van der Waals surface area contributed by atoms with E-state index in [1.807, 2.05) is 43.3 Å². The van der Waals surface area contributed by atoms with Crippen molar-refractivity contribution in [1.82, 2.24) is 4.90 Å². The molecule has 2 heterocycles. The number of fused-ring (bicyclic) bond motifs is 2. The zero-order valence-electron chi connectivity index (χ0n) is 15.1. The molecule has 0 radical (unpaired) electrons. The Morgan fingerprint density at radius 3 is 2.63 bits per heavy atom. The number of carbonyl (C=O) groups excluding carboxylic acids is 2. The van der Waals surface area contributed by atoms with Crippen LogP contribution in [0, 0.1) is 0 Å². The molecule has 0 N–H and O–H groups in total. The Morgan fingerprint density at radius 1 is 1.07 bits per heavy atom. The fourth-order valence-electron chi connectivity index (χ4n) is 3.45. The number of carbonyl (C=O) groups is 2. The lowest BCUT2D eigenvalue weighted by molar-refractivity contribution is -0.142. The third-order valence-electron chi connectivity index (χ3n) is 4.85. The summed E-state index contributed by atoms with van der Waals surface area (Å²) in [4.78, 5) is 26.8. The standard InChI is InChI=1S/C21H21NO5/c1-2-22(12-15-13-25-17-9-5-6-10-18(17)26-15)20(23)19-11-14-7-3-4-8-16(14)21(24)27-19/h3-10,15,19H,2,11-13H2,1H3/t15-,19+/m1/s1. The summed E-state index contributed by atoms with van der Waals surface area (Å²) >= 11 is 0. The van der Waals surface area contributed by atoms with E-state index in [1.54, 1.807) is 17.0 Å². The van der Waals surface area contributed by atoms with Crippen molar-refractivity contribution in [2.75, 3.05) is 19.7 Å². The van der Waals surface area contributed by atoms with Crippen molar-refractivity contribution < 1.29 is 23.8 Å². The summed E-state index contributed by atoms with van der Waals surface area (Å²) in [5, 5.41) is 0. The number of hydrogen-bond acceptors (Lipinski definition) is 5. The second-order valence-corrected chi connectivity index (χ2v) is 6.63. The Labute approximate surface area is 157 Å². The van der Waals surface area contributed by atoms with Gasteiger partial charge in [-0.2, -0.15) is 0 Å². The van der Waals surface area contributed by atoms with Crippen LogP contribution < -0.4 is 9.47 Å². The fraction of sp³-hybridized carbons (Fsp3) is 0.333. The van der Waals surface area contributed by atoms with Crippen molar-refractivity contribution >= 4 is 11.9 Å². The predicted molar refractivity (Wildman–Crippen MR) is 98.0 cm³/mol. The fourth-order valence-corrected chi connectivity index (χ4v) is 3.45. The number of para-hydroxylation sites is 2. The quantitative estimate of drug-likeness (QED) is 0.777. The molecule has 0 fully saturated rings. The summed E-state index contributed by atoms with van der Waals surface area (Å²) in [5.74, 6) is 0.733. The highest BCUT2D eigenvalue weighted by atomic mass is 16.6. The first-order valence-corrected chi connectivity index (χ1v) is 9.12. The van der Waals surface area contributed by atoms with Gasteiger partial charge in [0.15, 0.2) is 23.7 Å². The highest BCUT2D eigenvalue weighted by Crippen LogP contribution is 2.31. The molecule has 1 amide bonds. The summed E-state index contributed by atoms with van der Waals surface area (Å²) in [6, 6.07) is 14.7. The molecule has 0 saturated carbocycles. The van der Waals surface area contributed by atoms with Crippen molar-refractivity contribution in [1.29, 1.82) is 0 Å². The molecule has 0 bridgehead atoms. The molecule has 4 rings (SSSR count). The van der Waals surface area contributed by atoms with E-state index in [9.17, 15) is 9.59 Å². The van der Waals surface area contributed by atoms with Crippen molar-refractivity contribution in [3.8, 4) is 11.5 Å². The molecule has 0 aromatic heterocycles. The first kappa shape index (κ1) is 17.4. The summed E-state index contributed by atoms with van der Waals surface area (Å²) in [7, 11) is 0. The van der Waals surface area contributed by atoms with Crippen molar-refractivity contribution in [2.24, 2.45) is 0 Å². The van der Waals surface area contributed by atoms with Crippen molar-refractivity contribution in [3.05, 3.63) is 59.7 Å². The van der Waals surface area contributed by atoms with Crippen LogP contribution in [0.25, 0.3) is 0 Å². The maximum absolute atomic E-state index is 13.0. The Hall–Kier alpha value is -3.02. The minimum absolute atomic E-state index is 0.206. The van der Waals surface area contributed by atoms with Crippen molar-refractivity contribution in [2.45, 2.75) is 25.6 Å². The maximum atomic E-state index is 13.0. The summed E-state index contributed by atoms with van der Waals surface area (Å²) in [6.07, 6.45) is -0.679. The van der Waals surface area contributed by atoms with Gasteiger partial charge in [0, 0.05) is 13.0 Å². The SMILES string of the molecule is CCN(C[C@@H]1COc2ccccc2O1)C(=O)[C@@H]1Cc2ccccc2C(=O)O1. The van der Waals surface area contributed by atoms with Gasteiger partial charge in [-0.3, -0.25) is 4.79 Å². The number of hydrogen-bond donors (Lipinski definition) is 0. The van der Waals surface area contributed by atoms with Crippen LogP contribution in [0.1, 0.15) is 22.8 Å². The van der Waals surface area contributed by atoms with Gasteiger partial charge in [-0.05, 0) is 30.7 Å². The third-order valence-corrected chi connectivity index (χ3v) is 4.85. The summed E-state index contributed by atoms with van der Waals surface area (Å²) < 4.78 is 17.1. The zero-order valence-corrected chi connectivity index (χ0v) is 15.1. The predicted octanol–water partition coefficient (Wildman–Crippen LogP) is 2.46. The molecule has 6 heteroatoms. The Bertz CT molecular complexity index is 865. The highest BCUT2D eigenvalue weighted by molar-refractivity contribution is 5.95. The van der Waals surface area contributed by atoms with Crippen LogP contribution in [0.2, 0.25) is 0 Å². The molecule has 2 atom stereocenters. The van der Waals surface area contributed by atoms with E-state index < -0.39 is 12.1 Å². The van der Waals surface area contributed by atoms with E-state index in [4.69, 9.17) is 14.2 Å². The maximum Gasteiger partial charge on any atom is 0.339 e. The Kier molecular flexibility index (Phi) is 4.71. The lowest BCUT2D eigenvalue weighted by Gasteiger charge is -2.33. The second kappa shape index (κ2) is 7.31. The van der Waals surface area contributed by atoms with Crippen LogP contribution in [-0.2, 0) is 16.0 Å². The molecule has 2 aliphatic heterocycles. The first-order chi connectivity index (χ1) is 13.2. The van der Waals surface area contributed by atoms with Crippen LogP contribution in [-0.4, -0.2) is 48.7 Å². The number of esters is 1. The van der Waals surface area contributed by atoms with Crippen LogP contribution in [0.5, 0.6) is 11.5 Å². The molecule has 2 aliphatic rings. The van der Waals surface area contributed by atoms with Crippen LogP contribution in [0.15, 0.2) is 48.5 Å². The zero-order chi connectivity index (χ0) is 18.8. The normalized spacial score (nSPS) is 20.4. The molecular formula is C21H21NO5. The number of rotatable bonds is 4. The first-order valence-electron chi connectivity index (χ1n) is 9.12. The topological polar surface area (TPSA) is 65.1 Å². The van der Waals surface area contributed by atoms with Crippen molar-refractivity contribution in [3.63, 3.8) is 0 Å². The molecule has 0 aliphatic carbocycles. The molecule has 0 spiro atoms. The van der Waals surface area contributed by atoms with E-state index in [1.165, 1.54) is 0 Å². The van der Waals surface area contributed by atoms with Crippen LogP contribution in [0.4, 0.5) is 0 Å². The number of cyclic esters (lactones) is 1. The van der Waals surface area contributed by atoms with Crippen LogP contribution >= 0.6 is 0 Å². The molecule has 2 aromatic carbocycles. The van der Waals surface area contributed by atoms with Crippen LogP contribution in [0.3, 0.4) is 0 Å². The molecular weight excluding hydrogens is 346 g/mol. The largest absolute Gasteiger partial charge is 0.486 e. The number of amides is 1. The Morgan fingerprint density at radius 2 is 1.81 bits per heavy atom. The lowest BCUT2D eigenvalue weighted by Crippen LogP contribution is -2.49. The van der Waals surface area contributed by atoms with E-state index in [-0.39, 0.29) is 12.0 Å². The minimum atomic E-state index is -0.802. The van der Waals surface area contributed by atoms with E-state index in [0.717, 1.165) is 5.56 Å². The van der Waals surface area contributed by atoms with Gasteiger partial charge in [-0.15, -0.1) is 0 Å². The molecule has 140 valence electrons. The molecule has 0 unspecified atom stereocenters. The smallest absolute Gasteiger partial charge is 0.339 e. The van der Waals surface area contributed by atoms with E-state index in [0.29, 0.717) is 43.2 Å². The number of ether oxygens (including phenoxy) is 3. The van der Waals surface area contributed by atoms with Gasteiger partial charge in [-0.1, -0.05) is 30.3 Å². The Balaban J connectivity index is 1.44. The lowest BCUT2D eigenvalue weighted by atomic mass is 9.98. The highest BCUT2D eigenvalue weighted by Gasteiger charge is 2.35. The van der Waals surface area contributed by atoms with Gasteiger partial charge in [-0.25, -0.2) is 4.79 Å². The molecule has 0 saturated heterocycles. The number of likely N-dealkylation sites (N-methyl/N-ethyl adjacent to an activating group) is 1. The average molecular weight is 367 g/mol. The van der Waals surface area contributed by atoms with Gasteiger partial charge in [0.1, 0.15) is 6.61 Å². The van der Waals surface area contributed by atoms with Gasteiger partial charge in [0.05, 0.1) is 12.1 Å². The average Bonchev–Trinajstić information content (AvgIpc) is 2.71.